The number of anilines is 1. The number of hydrogen-bond acceptors (Lipinski definition) is 4. The lowest BCUT2D eigenvalue weighted by atomic mass is 10.2. The Hall–Kier alpha value is -1.12. The molecule has 2 heterocycles. The lowest BCUT2D eigenvalue weighted by Crippen LogP contribution is -2.46. The summed E-state index contributed by atoms with van der Waals surface area (Å²) in [6, 6.07) is 5.85. The molecule has 17 heavy (non-hydrogen) atoms. The van der Waals surface area contributed by atoms with Gasteiger partial charge in [0.1, 0.15) is 16.5 Å². The van der Waals surface area contributed by atoms with Gasteiger partial charge in [0, 0.05) is 26.2 Å². The van der Waals surface area contributed by atoms with Crippen molar-refractivity contribution in [3.63, 3.8) is 0 Å². The van der Waals surface area contributed by atoms with Crippen LogP contribution in [-0.2, 0) is 0 Å². The van der Waals surface area contributed by atoms with Crippen LogP contribution in [0.25, 0.3) is 0 Å². The van der Waals surface area contributed by atoms with Crippen LogP contribution in [0.1, 0.15) is 12.5 Å². The standard InChI is InChI=1S/C12H15BrN4/c1-2-16-5-7-17(8-6-16)11-4-3-10(9-14)12(13)15-11/h3-4H,2,5-8H2,1H3. The van der Waals surface area contributed by atoms with Crippen molar-refractivity contribution in [3.05, 3.63) is 22.3 Å². The van der Waals surface area contributed by atoms with Gasteiger partial charge in [-0.25, -0.2) is 4.98 Å². The van der Waals surface area contributed by atoms with Gasteiger partial charge in [0.15, 0.2) is 0 Å². The van der Waals surface area contributed by atoms with Gasteiger partial charge in [0.2, 0.25) is 0 Å². The molecule has 0 spiro atoms. The molecule has 0 amide bonds. The molecule has 1 aromatic rings. The molecule has 90 valence electrons. The first-order chi connectivity index (χ1) is 8.24. The Labute approximate surface area is 110 Å². The highest BCUT2D eigenvalue weighted by Gasteiger charge is 2.17. The smallest absolute Gasteiger partial charge is 0.130 e. The molecule has 0 bridgehead atoms. The van der Waals surface area contributed by atoms with Gasteiger partial charge >= 0.3 is 0 Å². The monoisotopic (exact) mass is 294 g/mol. The summed E-state index contributed by atoms with van der Waals surface area (Å²) in [5.41, 5.74) is 0.584. The van der Waals surface area contributed by atoms with Gasteiger partial charge in [0.05, 0.1) is 5.56 Å². The van der Waals surface area contributed by atoms with E-state index in [1.54, 1.807) is 0 Å². The molecular formula is C12H15BrN4. The van der Waals surface area contributed by atoms with Crippen molar-refractivity contribution in [2.45, 2.75) is 6.92 Å². The number of likely N-dealkylation sites (N-methyl/N-ethyl adjacent to an activating group) is 1. The molecule has 1 aliphatic rings. The largest absolute Gasteiger partial charge is 0.354 e. The molecular weight excluding hydrogens is 280 g/mol. The lowest BCUT2D eigenvalue weighted by molar-refractivity contribution is 0.270. The Morgan fingerprint density at radius 3 is 2.59 bits per heavy atom. The van der Waals surface area contributed by atoms with Crippen LogP contribution in [0.5, 0.6) is 0 Å². The van der Waals surface area contributed by atoms with Gasteiger partial charge in [-0.1, -0.05) is 6.92 Å². The van der Waals surface area contributed by atoms with Crippen molar-refractivity contribution in [1.29, 1.82) is 5.26 Å². The van der Waals surface area contributed by atoms with Crippen LogP contribution in [0, 0.1) is 11.3 Å². The van der Waals surface area contributed by atoms with Gasteiger partial charge in [-0.3, -0.25) is 0 Å². The number of rotatable bonds is 2. The van der Waals surface area contributed by atoms with Crippen LogP contribution in [0.3, 0.4) is 0 Å². The average Bonchev–Trinajstić information content (AvgIpc) is 2.39. The number of nitrogens with zero attached hydrogens (tertiary/aromatic N) is 4. The van der Waals surface area contributed by atoms with E-state index in [2.05, 4.69) is 43.7 Å². The van der Waals surface area contributed by atoms with Crippen molar-refractivity contribution < 1.29 is 0 Å². The van der Waals surface area contributed by atoms with Gasteiger partial charge < -0.3 is 9.80 Å². The predicted molar refractivity (Wildman–Crippen MR) is 71.0 cm³/mol. The van der Waals surface area contributed by atoms with Crippen LogP contribution in [-0.4, -0.2) is 42.6 Å². The molecule has 1 fully saturated rings. The molecule has 1 saturated heterocycles. The zero-order valence-corrected chi connectivity index (χ0v) is 11.4. The fraction of sp³-hybridized carbons (Fsp3) is 0.500. The van der Waals surface area contributed by atoms with Gasteiger partial charge in [-0.05, 0) is 34.6 Å². The highest BCUT2D eigenvalue weighted by Crippen LogP contribution is 2.20. The Balaban J connectivity index is 2.09. The van der Waals surface area contributed by atoms with Gasteiger partial charge in [0.25, 0.3) is 0 Å². The summed E-state index contributed by atoms with van der Waals surface area (Å²) in [6.07, 6.45) is 0. The van der Waals surface area contributed by atoms with Crippen LogP contribution in [0.15, 0.2) is 16.7 Å². The first-order valence-electron chi connectivity index (χ1n) is 5.78. The van der Waals surface area contributed by atoms with E-state index in [4.69, 9.17) is 5.26 Å². The van der Waals surface area contributed by atoms with E-state index < -0.39 is 0 Å². The molecule has 1 aliphatic heterocycles. The fourth-order valence-electron chi connectivity index (χ4n) is 1.98. The van der Waals surface area contributed by atoms with E-state index >= 15 is 0 Å². The molecule has 0 atom stereocenters. The summed E-state index contributed by atoms with van der Waals surface area (Å²) in [4.78, 5) is 9.11. The van der Waals surface area contributed by atoms with Crippen molar-refractivity contribution in [2.75, 3.05) is 37.6 Å². The number of piperazine rings is 1. The summed E-state index contributed by atoms with van der Waals surface area (Å²) in [5, 5.41) is 8.85. The highest BCUT2D eigenvalue weighted by atomic mass is 79.9. The zero-order chi connectivity index (χ0) is 12.3. The van der Waals surface area contributed by atoms with Crippen molar-refractivity contribution >= 4 is 21.7 Å². The minimum Gasteiger partial charge on any atom is -0.354 e. The maximum atomic E-state index is 8.85. The van der Waals surface area contributed by atoms with Crippen LogP contribution in [0.4, 0.5) is 5.82 Å². The summed E-state index contributed by atoms with van der Waals surface area (Å²) in [6.45, 7) is 7.45. The molecule has 1 aromatic heterocycles. The maximum Gasteiger partial charge on any atom is 0.130 e. The third-order valence-corrected chi connectivity index (χ3v) is 3.70. The minimum atomic E-state index is 0.584. The second kappa shape index (κ2) is 5.48. The van der Waals surface area contributed by atoms with Crippen LogP contribution >= 0.6 is 15.9 Å². The van der Waals surface area contributed by atoms with E-state index in [0.29, 0.717) is 10.2 Å². The summed E-state index contributed by atoms with van der Waals surface area (Å²) < 4.78 is 0.635. The Bertz CT molecular complexity index is 433. The SMILES string of the molecule is CCN1CCN(c2ccc(C#N)c(Br)n2)CC1. The van der Waals surface area contributed by atoms with E-state index in [9.17, 15) is 0 Å². The molecule has 0 unspecified atom stereocenters. The molecule has 5 heteroatoms. The van der Waals surface area contributed by atoms with E-state index in [1.165, 1.54) is 0 Å². The second-order valence-electron chi connectivity index (χ2n) is 4.04. The maximum absolute atomic E-state index is 8.85. The van der Waals surface area contributed by atoms with E-state index in [-0.39, 0.29) is 0 Å². The molecule has 0 N–H and O–H groups in total. The van der Waals surface area contributed by atoms with Crippen molar-refractivity contribution in [2.24, 2.45) is 0 Å². The predicted octanol–water partition coefficient (Wildman–Crippen LogP) is 1.86. The first kappa shape index (κ1) is 12.3. The lowest BCUT2D eigenvalue weighted by Gasteiger charge is -2.34. The number of nitriles is 1. The molecule has 2 rings (SSSR count). The normalized spacial score (nSPS) is 16.9. The number of aromatic nitrogens is 1. The zero-order valence-electron chi connectivity index (χ0n) is 9.86. The van der Waals surface area contributed by atoms with E-state index in [0.717, 1.165) is 38.5 Å². The summed E-state index contributed by atoms with van der Waals surface area (Å²) in [5.74, 6) is 0.951. The third-order valence-electron chi connectivity index (χ3n) is 3.10. The summed E-state index contributed by atoms with van der Waals surface area (Å²) in [7, 11) is 0. The molecule has 0 aliphatic carbocycles. The molecule has 0 saturated carbocycles. The second-order valence-corrected chi connectivity index (χ2v) is 4.79. The average molecular weight is 295 g/mol. The Morgan fingerprint density at radius 1 is 1.35 bits per heavy atom. The topological polar surface area (TPSA) is 43.2 Å². The Morgan fingerprint density at radius 2 is 2.06 bits per heavy atom. The number of halogens is 1. The quantitative estimate of drug-likeness (QED) is 0.781. The van der Waals surface area contributed by atoms with Gasteiger partial charge in [-0.15, -0.1) is 0 Å². The third kappa shape index (κ3) is 2.76. The molecule has 0 radical (unpaired) electrons. The number of pyridine rings is 1. The van der Waals surface area contributed by atoms with Crippen molar-refractivity contribution in [1.82, 2.24) is 9.88 Å². The van der Waals surface area contributed by atoms with Crippen LogP contribution in [0.2, 0.25) is 0 Å². The highest BCUT2D eigenvalue weighted by molar-refractivity contribution is 9.10. The van der Waals surface area contributed by atoms with E-state index in [1.807, 2.05) is 12.1 Å². The summed E-state index contributed by atoms with van der Waals surface area (Å²) >= 11 is 3.33. The number of hydrogen-bond donors (Lipinski definition) is 0. The fourth-order valence-corrected chi connectivity index (χ4v) is 2.38. The minimum absolute atomic E-state index is 0.584. The molecule has 0 aromatic carbocycles. The molecule has 4 nitrogen and oxygen atoms in total. The first-order valence-corrected chi connectivity index (χ1v) is 6.58. The van der Waals surface area contributed by atoms with Gasteiger partial charge in [-0.2, -0.15) is 5.26 Å². The van der Waals surface area contributed by atoms with Crippen LogP contribution < -0.4 is 4.90 Å². The Kier molecular flexibility index (Phi) is 3.97. The van der Waals surface area contributed by atoms with Crippen molar-refractivity contribution in [3.8, 4) is 6.07 Å².